The number of carbonyl (C=O) groups is 2. The topological polar surface area (TPSA) is 92.8 Å². The molecule has 172 valence electrons. The molecular weight excluding hydrogens is 447 g/mol. The average molecular weight is 471 g/mol. The van der Waals surface area contributed by atoms with Crippen LogP contribution in [0.2, 0.25) is 0 Å². The molecule has 0 saturated carbocycles. The van der Waals surface area contributed by atoms with Crippen LogP contribution in [0.15, 0.2) is 77.7 Å². The van der Waals surface area contributed by atoms with Gasteiger partial charge < -0.3 is 10.1 Å². The highest BCUT2D eigenvalue weighted by Gasteiger charge is 2.24. The van der Waals surface area contributed by atoms with Crippen molar-refractivity contribution in [3.05, 3.63) is 89.7 Å². The first-order chi connectivity index (χ1) is 15.7. The van der Waals surface area contributed by atoms with E-state index in [1.54, 1.807) is 44.2 Å². The van der Waals surface area contributed by atoms with Gasteiger partial charge in [-0.2, -0.15) is 0 Å². The average Bonchev–Trinajstić information content (AvgIpc) is 2.81. The maximum atomic E-state index is 13.3. The van der Waals surface area contributed by atoms with Gasteiger partial charge in [0.1, 0.15) is 5.82 Å². The van der Waals surface area contributed by atoms with Crippen molar-refractivity contribution in [2.45, 2.75) is 18.7 Å². The number of benzene rings is 3. The zero-order valence-electron chi connectivity index (χ0n) is 18.1. The van der Waals surface area contributed by atoms with Gasteiger partial charge in [-0.05, 0) is 67.9 Å². The van der Waals surface area contributed by atoms with Gasteiger partial charge in [-0.25, -0.2) is 17.6 Å². The molecule has 0 aromatic heterocycles. The summed E-state index contributed by atoms with van der Waals surface area (Å²) in [6.07, 6.45) is 0. The van der Waals surface area contributed by atoms with Crippen molar-refractivity contribution in [2.75, 3.05) is 22.8 Å². The Labute approximate surface area is 191 Å². The number of hydrogen-bond donors (Lipinski definition) is 1. The number of aryl methyl sites for hydroxylation is 1. The number of nitrogens with one attached hydrogen (secondary N) is 1. The number of carbonyl (C=O) groups excluding carboxylic acids is 2. The van der Waals surface area contributed by atoms with E-state index in [-0.39, 0.29) is 22.7 Å². The van der Waals surface area contributed by atoms with Crippen LogP contribution >= 0.6 is 0 Å². The lowest BCUT2D eigenvalue weighted by Crippen LogP contribution is -2.30. The Morgan fingerprint density at radius 2 is 1.67 bits per heavy atom. The molecule has 3 aromatic carbocycles. The molecule has 0 bridgehead atoms. The van der Waals surface area contributed by atoms with Crippen molar-refractivity contribution in [3.63, 3.8) is 0 Å². The van der Waals surface area contributed by atoms with E-state index < -0.39 is 34.3 Å². The molecule has 0 saturated heterocycles. The predicted octanol–water partition coefficient (Wildman–Crippen LogP) is 4.14. The smallest absolute Gasteiger partial charge is 0.338 e. The molecule has 0 heterocycles. The number of para-hydroxylation sites is 1. The fourth-order valence-electron chi connectivity index (χ4n) is 3.11. The predicted molar refractivity (Wildman–Crippen MR) is 123 cm³/mol. The first-order valence-electron chi connectivity index (χ1n) is 10.1. The molecule has 7 nitrogen and oxygen atoms in total. The summed E-state index contributed by atoms with van der Waals surface area (Å²) in [4.78, 5) is 24.3. The second kappa shape index (κ2) is 10.3. The molecule has 0 spiro atoms. The van der Waals surface area contributed by atoms with Crippen LogP contribution in [0.4, 0.5) is 15.8 Å². The van der Waals surface area contributed by atoms with Crippen LogP contribution in [0.1, 0.15) is 22.8 Å². The van der Waals surface area contributed by atoms with Crippen LogP contribution in [0.5, 0.6) is 0 Å². The van der Waals surface area contributed by atoms with Crippen LogP contribution in [0.3, 0.4) is 0 Å². The molecule has 3 aromatic rings. The number of hydrogen-bond acceptors (Lipinski definition) is 5. The fraction of sp³-hybridized carbons (Fsp3) is 0.167. The van der Waals surface area contributed by atoms with Gasteiger partial charge in [0.2, 0.25) is 0 Å². The quantitative estimate of drug-likeness (QED) is 0.500. The Morgan fingerprint density at radius 1 is 1.00 bits per heavy atom. The zero-order valence-corrected chi connectivity index (χ0v) is 18.9. The van der Waals surface area contributed by atoms with E-state index in [0.29, 0.717) is 11.3 Å². The first-order valence-corrected chi connectivity index (χ1v) is 11.6. The first kappa shape index (κ1) is 23.9. The van der Waals surface area contributed by atoms with E-state index in [0.717, 1.165) is 0 Å². The number of ether oxygens (including phenoxy) is 1. The van der Waals surface area contributed by atoms with Crippen LogP contribution in [-0.4, -0.2) is 33.4 Å². The van der Waals surface area contributed by atoms with Crippen LogP contribution in [-0.2, 0) is 19.6 Å². The van der Waals surface area contributed by atoms with Crippen LogP contribution in [0, 0.1) is 12.7 Å². The second-order valence-corrected chi connectivity index (χ2v) is 8.98. The maximum Gasteiger partial charge on any atom is 0.338 e. The van der Waals surface area contributed by atoms with Crippen molar-refractivity contribution < 1.29 is 27.1 Å². The van der Waals surface area contributed by atoms with Crippen LogP contribution < -0.4 is 9.62 Å². The summed E-state index contributed by atoms with van der Waals surface area (Å²) < 4.78 is 45.6. The molecule has 1 amide bonds. The number of anilines is 2. The van der Waals surface area contributed by atoms with E-state index in [4.69, 9.17) is 4.74 Å². The highest BCUT2D eigenvalue weighted by Crippen LogP contribution is 2.23. The van der Waals surface area contributed by atoms with E-state index in [2.05, 4.69) is 5.32 Å². The molecule has 0 atom stereocenters. The lowest BCUT2D eigenvalue weighted by Gasteiger charge is -2.22. The minimum absolute atomic E-state index is 0.0177. The van der Waals surface area contributed by atoms with Crippen molar-refractivity contribution in [1.82, 2.24) is 0 Å². The Morgan fingerprint density at radius 3 is 2.30 bits per heavy atom. The van der Waals surface area contributed by atoms with E-state index in [1.165, 1.54) is 46.8 Å². The number of rotatable bonds is 8. The molecule has 0 aliphatic rings. The summed E-state index contributed by atoms with van der Waals surface area (Å²) in [6, 6.07) is 17.9. The van der Waals surface area contributed by atoms with E-state index in [1.807, 2.05) is 0 Å². The summed E-state index contributed by atoms with van der Waals surface area (Å²) >= 11 is 0. The number of nitrogens with zero attached hydrogens (tertiary/aromatic N) is 1. The monoisotopic (exact) mass is 470 g/mol. The summed E-state index contributed by atoms with van der Waals surface area (Å²) in [5.74, 6) is -1.92. The third kappa shape index (κ3) is 5.75. The molecule has 3 rings (SSSR count). The lowest BCUT2D eigenvalue weighted by atomic mass is 10.2. The van der Waals surface area contributed by atoms with Gasteiger partial charge in [0, 0.05) is 12.2 Å². The minimum Gasteiger partial charge on any atom is -0.452 e. The van der Waals surface area contributed by atoms with Gasteiger partial charge in [-0.3, -0.25) is 9.10 Å². The van der Waals surface area contributed by atoms with Gasteiger partial charge in [0.05, 0.1) is 16.1 Å². The third-order valence-electron chi connectivity index (χ3n) is 4.82. The van der Waals surface area contributed by atoms with E-state index in [9.17, 15) is 22.4 Å². The summed E-state index contributed by atoms with van der Waals surface area (Å²) in [7, 11) is -3.83. The highest BCUT2D eigenvalue weighted by molar-refractivity contribution is 7.92. The van der Waals surface area contributed by atoms with Crippen molar-refractivity contribution in [1.29, 1.82) is 0 Å². The third-order valence-corrected chi connectivity index (χ3v) is 6.73. The van der Waals surface area contributed by atoms with Gasteiger partial charge in [-0.1, -0.05) is 24.3 Å². The largest absolute Gasteiger partial charge is 0.452 e. The number of sulfonamides is 1. The standard InChI is InChI=1S/C24H23FN2O5S/c1-3-27(20-7-5-4-6-8-20)33(30,31)21-13-10-18(11-14-21)24(29)32-16-23(28)26-22-15-19(25)12-9-17(22)2/h4-15H,3,16H2,1-2H3,(H,26,28). The number of amides is 1. The summed E-state index contributed by atoms with van der Waals surface area (Å²) in [6.45, 7) is 3.09. The molecule has 0 radical (unpaired) electrons. The molecule has 0 unspecified atom stereocenters. The Kier molecular flexibility index (Phi) is 7.44. The van der Waals surface area contributed by atoms with Gasteiger partial charge in [-0.15, -0.1) is 0 Å². The van der Waals surface area contributed by atoms with Gasteiger partial charge >= 0.3 is 5.97 Å². The molecule has 0 aliphatic heterocycles. The van der Waals surface area contributed by atoms with Crippen molar-refractivity contribution in [2.24, 2.45) is 0 Å². The van der Waals surface area contributed by atoms with E-state index >= 15 is 0 Å². The Bertz CT molecular complexity index is 1250. The second-order valence-electron chi connectivity index (χ2n) is 7.11. The van der Waals surface area contributed by atoms with Crippen molar-refractivity contribution in [3.8, 4) is 0 Å². The summed E-state index contributed by atoms with van der Waals surface area (Å²) in [5.41, 5.74) is 1.56. The van der Waals surface area contributed by atoms with Gasteiger partial charge in [0.15, 0.2) is 6.61 Å². The Hall–Kier alpha value is -3.72. The highest BCUT2D eigenvalue weighted by atomic mass is 32.2. The SMILES string of the molecule is CCN(c1ccccc1)S(=O)(=O)c1ccc(C(=O)OCC(=O)Nc2cc(F)ccc2C)cc1. The van der Waals surface area contributed by atoms with Gasteiger partial charge in [0.25, 0.3) is 15.9 Å². The zero-order chi connectivity index (χ0) is 24.0. The molecule has 1 N–H and O–H groups in total. The molecule has 0 fully saturated rings. The summed E-state index contributed by atoms with van der Waals surface area (Å²) in [5, 5.41) is 2.48. The normalized spacial score (nSPS) is 11.0. The molecule has 33 heavy (non-hydrogen) atoms. The number of halogens is 1. The van der Waals surface area contributed by atoms with Crippen molar-refractivity contribution >= 4 is 33.3 Å². The van der Waals surface area contributed by atoms with Crippen LogP contribution in [0.25, 0.3) is 0 Å². The number of esters is 1. The minimum atomic E-state index is -3.83. The Balaban J connectivity index is 1.65. The molecular formula is C24H23FN2O5S. The lowest BCUT2D eigenvalue weighted by molar-refractivity contribution is -0.119. The fourth-order valence-corrected chi connectivity index (χ4v) is 4.58. The molecule has 9 heteroatoms. The maximum absolute atomic E-state index is 13.3. The molecule has 0 aliphatic carbocycles.